The van der Waals surface area contributed by atoms with Gasteiger partial charge in [0.25, 0.3) is 0 Å². The Morgan fingerprint density at radius 1 is 1.25 bits per heavy atom. The van der Waals surface area contributed by atoms with Crippen molar-refractivity contribution < 1.29 is 9.59 Å². The SMILES string of the molecule is CC1(C)[C@@H]2C(=O)[C@@H]3C[C@H](C#N)[C@@]3(C)C(=O)[C@H]21. The Balaban J connectivity index is 2.05. The minimum atomic E-state index is -0.666. The number of nitrogens with zero attached hydrogens (tertiary/aromatic N) is 1. The lowest BCUT2D eigenvalue weighted by Crippen LogP contribution is -2.58. The Bertz CT molecular complexity index is 459. The van der Waals surface area contributed by atoms with Crippen LogP contribution in [-0.2, 0) is 9.59 Å². The van der Waals surface area contributed by atoms with Gasteiger partial charge in [-0.2, -0.15) is 5.26 Å². The summed E-state index contributed by atoms with van der Waals surface area (Å²) in [6.07, 6.45) is 0.594. The van der Waals surface area contributed by atoms with E-state index in [4.69, 9.17) is 5.26 Å². The maximum absolute atomic E-state index is 12.4. The van der Waals surface area contributed by atoms with Crippen LogP contribution in [-0.4, -0.2) is 11.6 Å². The smallest absolute Gasteiger partial charge is 0.145 e. The Labute approximate surface area is 94.8 Å². The molecule has 0 aromatic carbocycles. The molecule has 0 bridgehead atoms. The summed E-state index contributed by atoms with van der Waals surface area (Å²) in [6.45, 7) is 5.81. The first-order valence-corrected chi connectivity index (χ1v) is 5.84. The molecular formula is C13H15NO2. The van der Waals surface area contributed by atoms with Gasteiger partial charge in [-0.15, -0.1) is 0 Å². The van der Waals surface area contributed by atoms with Crippen LogP contribution in [0, 0.1) is 45.8 Å². The number of fused-ring (bicyclic) bond motifs is 2. The van der Waals surface area contributed by atoms with E-state index in [1.165, 1.54) is 0 Å². The van der Waals surface area contributed by atoms with Crippen LogP contribution in [0.4, 0.5) is 0 Å². The van der Waals surface area contributed by atoms with Crippen LogP contribution < -0.4 is 0 Å². The summed E-state index contributed by atoms with van der Waals surface area (Å²) < 4.78 is 0. The Kier molecular flexibility index (Phi) is 1.50. The highest BCUT2D eigenvalue weighted by Gasteiger charge is 2.77. The van der Waals surface area contributed by atoms with Gasteiger partial charge >= 0.3 is 0 Å². The van der Waals surface area contributed by atoms with Crippen LogP contribution >= 0.6 is 0 Å². The number of rotatable bonds is 0. The molecule has 0 heterocycles. The molecule has 3 fully saturated rings. The van der Waals surface area contributed by atoms with Crippen LogP contribution in [0.1, 0.15) is 27.2 Å². The monoisotopic (exact) mass is 217 g/mol. The topological polar surface area (TPSA) is 57.9 Å². The van der Waals surface area contributed by atoms with Gasteiger partial charge in [0, 0.05) is 17.8 Å². The van der Waals surface area contributed by atoms with Gasteiger partial charge in [0.1, 0.15) is 11.6 Å². The van der Waals surface area contributed by atoms with Crippen molar-refractivity contribution in [2.75, 3.05) is 0 Å². The normalized spacial score (nSPS) is 52.1. The zero-order valence-corrected chi connectivity index (χ0v) is 9.78. The molecule has 0 unspecified atom stereocenters. The molecule has 3 aliphatic rings. The molecule has 0 spiro atoms. The number of Topliss-reactive ketones (excluding diaryl/α,β-unsaturated/α-hetero) is 2. The van der Waals surface area contributed by atoms with Gasteiger partial charge in [0.15, 0.2) is 0 Å². The lowest BCUT2D eigenvalue weighted by molar-refractivity contribution is -0.159. The van der Waals surface area contributed by atoms with Crippen molar-refractivity contribution in [1.82, 2.24) is 0 Å². The summed E-state index contributed by atoms with van der Waals surface area (Å²) in [6, 6.07) is 2.19. The van der Waals surface area contributed by atoms with E-state index >= 15 is 0 Å². The van der Waals surface area contributed by atoms with Gasteiger partial charge in [-0.1, -0.05) is 20.8 Å². The fourth-order valence-corrected chi connectivity index (χ4v) is 3.96. The number of hydrogen-bond acceptors (Lipinski definition) is 3. The maximum atomic E-state index is 12.4. The van der Waals surface area contributed by atoms with Crippen molar-refractivity contribution in [2.24, 2.45) is 34.5 Å². The molecule has 5 atom stereocenters. The van der Waals surface area contributed by atoms with Crippen molar-refractivity contribution in [1.29, 1.82) is 5.26 Å². The Morgan fingerprint density at radius 2 is 1.88 bits per heavy atom. The first kappa shape index (κ1) is 10.0. The lowest BCUT2D eigenvalue weighted by atomic mass is 9.48. The molecule has 0 radical (unpaired) electrons. The van der Waals surface area contributed by atoms with E-state index in [1.807, 2.05) is 20.8 Å². The molecule has 3 aliphatic carbocycles. The number of hydrogen-bond donors (Lipinski definition) is 0. The second kappa shape index (κ2) is 2.40. The molecule has 16 heavy (non-hydrogen) atoms. The second-order valence-corrected chi connectivity index (χ2v) is 6.30. The molecule has 84 valence electrons. The number of carbonyl (C=O) groups is 2. The van der Waals surface area contributed by atoms with Crippen LogP contribution in [0.2, 0.25) is 0 Å². The van der Waals surface area contributed by atoms with Crippen LogP contribution in [0.3, 0.4) is 0 Å². The lowest BCUT2D eigenvalue weighted by Gasteiger charge is -2.51. The van der Waals surface area contributed by atoms with Crippen LogP contribution in [0.5, 0.6) is 0 Å². The average molecular weight is 217 g/mol. The van der Waals surface area contributed by atoms with Gasteiger partial charge in [-0.05, 0) is 11.8 Å². The van der Waals surface area contributed by atoms with Gasteiger partial charge in [0.05, 0.1) is 17.4 Å². The molecule has 0 amide bonds. The largest absolute Gasteiger partial charge is 0.299 e. The fourth-order valence-electron chi connectivity index (χ4n) is 3.96. The molecule has 3 nitrogen and oxygen atoms in total. The average Bonchev–Trinajstić information content (AvgIpc) is 2.76. The zero-order chi connectivity index (χ0) is 11.9. The zero-order valence-electron chi connectivity index (χ0n) is 9.78. The van der Waals surface area contributed by atoms with Gasteiger partial charge in [-0.25, -0.2) is 0 Å². The summed E-state index contributed by atoms with van der Waals surface area (Å²) >= 11 is 0. The first-order chi connectivity index (χ1) is 7.36. The van der Waals surface area contributed by atoms with E-state index in [0.717, 1.165) is 0 Å². The van der Waals surface area contributed by atoms with E-state index in [2.05, 4.69) is 6.07 Å². The molecule has 0 aliphatic heterocycles. The Hall–Kier alpha value is -1.17. The molecule has 0 saturated heterocycles. The first-order valence-electron chi connectivity index (χ1n) is 5.84. The Morgan fingerprint density at radius 3 is 2.44 bits per heavy atom. The van der Waals surface area contributed by atoms with Gasteiger partial charge in [-0.3, -0.25) is 9.59 Å². The minimum absolute atomic E-state index is 0.0577. The predicted molar refractivity (Wildman–Crippen MR) is 56.1 cm³/mol. The highest BCUT2D eigenvalue weighted by atomic mass is 16.1. The summed E-state index contributed by atoms with van der Waals surface area (Å²) in [5.41, 5.74) is -0.824. The highest BCUT2D eigenvalue weighted by Crippen LogP contribution is 2.71. The van der Waals surface area contributed by atoms with E-state index in [1.54, 1.807) is 0 Å². The molecule has 3 heteroatoms. The third kappa shape index (κ3) is 0.753. The number of nitriles is 1. The predicted octanol–water partition coefficient (Wildman–Crippen LogP) is 1.58. The van der Waals surface area contributed by atoms with E-state index in [9.17, 15) is 9.59 Å². The van der Waals surface area contributed by atoms with Crippen molar-refractivity contribution in [3.8, 4) is 6.07 Å². The fraction of sp³-hybridized carbons (Fsp3) is 0.769. The standard InChI is InChI=1S/C13H15NO2/c1-12(2)8-9(12)11(16)13(3)6(5-14)4-7(13)10(8)15/h6-9H,4H2,1-3H3/t6-,7+,8+,9+,13-/m1/s1. The minimum Gasteiger partial charge on any atom is -0.299 e. The van der Waals surface area contributed by atoms with Crippen molar-refractivity contribution in [3.63, 3.8) is 0 Å². The van der Waals surface area contributed by atoms with Gasteiger partial charge < -0.3 is 0 Å². The van der Waals surface area contributed by atoms with Crippen molar-refractivity contribution in [3.05, 3.63) is 0 Å². The van der Waals surface area contributed by atoms with E-state index < -0.39 is 5.41 Å². The quantitative estimate of drug-likeness (QED) is 0.619. The molecule has 3 rings (SSSR count). The molecular weight excluding hydrogens is 202 g/mol. The number of ketones is 2. The second-order valence-electron chi connectivity index (χ2n) is 6.30. The molecule has 3 saturated carbocycles. The highest BCUT2D eigenvalue weighted by molar-refractivity contribution is 6.08. The molecule has 0 aromatic heterocycles. The van der Waals surface area contributed by atoms with Crippen molar-refractivity contribution in [2.45, 2.75) is 27.2 Å². The maximum Gasteiger partial charge on any atom is 0.145 e. The summed E-state index contributed by atoms with van der Waals surface area (Å²) in [5.74, 6) is -0.178. The molecule has 0 aromatic rings. The third-order valence-electron chi connectivity index (χ3n) is 5.37. The van der Waals surface area contributed by atoms with E-state index in [0.29, 0.717) is 6.42 Å². The van der Waals surface area contributed by atoms with Gasteiger partial charge in [0.2, 0.25) is 0 Å². The van der Waals surface area contributed by atoms with E-state index in [-0.39, 0.29) is 40.7 Å². The molecule has 0 N–H and O–H groups in total. The van der Waals surface area contributed by atoms with Crippen LogP contribution in [0.25, 0.3) is 0 Å². The summed E-state index contributed by atoms with van der Waals surface area (Å²) in [7, 11) is 0. The summed E-state index contributed by atoms with van der Waals surface area (Å²) in [5, 5.41) is 9.01. The third-order valence-corrected chi connectivity index (χ3v) is 5.37. The van der Waals surface area contributed by atoms with Crippen molar-refractivity contribution >= 4 is 11.6 Å². The van der Waals surface area contributed by atoms with Crippen LogP contribution in [0.15, 0.2) is 0 Å². The summed E-state index contributed by atoms with van der Waals surface area (Å²) in [4.78, 5) is 24.6. The number of carbonyl (C=O) groups excluding carboxylic acids is 2.